The van der Waals surface area contributed by atoms with Crippen molar-refractivity contribution in [1.82, 2.24) is 0 Å². The van der Waals surface area contributed by atoms with Gasteiger partial charge in [0.15, 0.2) is 0 Å². The van der Waals surface area contributed by atoms with Gasteiger partial charge in [0.1, 0.15) is 4.99 Å². The predicted molar refractivity (Wildman–Crippen MR) is 91.4 cm³/mol. The van der Waals surface area contributed by atoms with Crippen molar-refractivity contribution in [2.45, 2.75) is 9.79 Å². The highest BCUT2D eigenvalue weighted by atomic mass is 32.2. The molecular weight excluding hydrogens is 324 g/mol. The second kappa shape index (κ2) is 6.46. The van der Waals surface area contributed by atoms with Crippen LogP contribution < -0.4 is 10.5 Å². The Morgan fingerprint density at radius 2 is 1.76 bits per heavy atom. The number of anilines is 1. The molecule has 0 aliphatic carbocycles. The lowest BCUT2D eigenvalue weighted by molar-refractivity contribution is 0.601. The Morgan fingerprint density at radius 3 is 2.43 bits per heavy atom. The Morgan fingerprint density at radius 1 is 1.14 bits per heavy atom. The van der Waals surface area contributed by atoms with E-state index in [1.54, 1.807) is 30.3 Å². The van der Waals surface area contributed by atoms with Crippen LogP contribution in [0, 0.1) is 0 Å². The fourth-order valence-corrected chi connectivity index (χ4v) is 4.00. The summed E-state index contributed by atoms with van der Waals surface area (Å²) in [5.74, 6) is 0. The molecule has 0 spiro atoms. The third-order valence-electron chi connectivity index (χ3n) is 2.79. The number of thioether (sulfide) groups is 1. The number of sulfonamides is 1. The van der Waals surface area contributed by atoms with Crippen LogP contribution in [0.2, 0.25) is 0 Å². The number of hydrogen-bond donors (Lipinski definition) is 2. The first-order valence-corrected chi connectivity index (χ1v) is 9.12. The molecule has 0 aliphatic heterocycles. The van der Waals surface area contributed by atoms with Crippen molar-refractivity contribution in [3.63, 3.8) is 0 Å². The molecular formula is C14H14N2O2S3. The minimum atomic E-state index is -3.75. The molecule has 0 aromatic heterocycles. The Hall–Kier alpha value is -1.57. The van der Waals surface area contributed by atoms with Gasteiger partial charge in [-0.25, -0.2) is 8.42 Å². The summed E-state index contributed by atoms with van der Waals surface area (Å²) in [5, 5.41) is 0. The van der Waals surface area contributed by atoms with Gasteiger partial charge in [-0.2, -0.15) is 0 Å². The lowest BCUT2D eigenvalue weighted by Crippen LogP contribution is -2.20. The molecule has 0 bridgehead atoms. The zero-order chi connectivity index (χ0) is 15.5. The van der Waals surface area contributed by atoms with Gasteiger partial charge < -0.3 is 5.73 Å². The molecule has 2 aromatic rings. The first-order valence-electron chi connectivity index (χ1n) is 6.00. The van der Waals surface area contributed by atoms with E-state index in [2.05, 4.69) is 4.72 Å². The monoisotopic (exact) mass is 338 g/mol. The molecule has 0 atom stereocenters. The van der Waals surface area contributed by atoms with Gasteiger partial charge in [-0.1, -0.05) is 42.5 Å². The van der Waals surface area contributed by atoms with Crippen LogP contribution in [0.5, 0.6) is 0 Å². The van der Waals surface area contributed by atoms with E-state index in [4.69, 9.17) is 18.0 Å². The Kier molecular flexibility index (Phi) is 4.87. The maximum atomic E-state index is 12.6. The van der Waals surface area contributed by atoms with Crippen molar-refractivity contribution in [2.75, 3.05) is 11.0 Å². The van der Waals surface area contributed by atoms with Crippen LogP contribution in [0.25, 0.3) is 0 Å². The second-order valence-electron chi connectivity index (χ2n) is 4.17. The average Bonchev–Trinajstić information content (AvgIpc) is 2.47. The summed E-state index contributed by atoms with van der Waals surface area (Å²) in [6, 6.07) is 13.6. The molecule has 0 unspecified atom stereocenters. The first-order chi connectivity index (χ1) is 9.95. The molecule has 110 valence electrons. The van der Waals surface area contributed by atoms with Crippen LogP contribution in [-0.2, 0) is 10.0 Å². The maximum Gasteiger partial charge on any atom is 0.262 e. The van der Waals surface area contributed by atoms with Crippen LogP contribution in [0.15, 0.2) is 58.3 Å². The number of thiocarbonyl (C=S) groups is 1. The van der Waals surface area contributed by atoms with Gasteiger partial charge in [0, 0.05) is 10.5 Å². The molecule has 0 aliphatic rings. The van der Waals surface area contributed by atoms with Crippen molar-refractivity contribution >= 4 is 44.7 Å². The summed E-state index contributed by atoms with van der Waals surface area (Å²) in [4.78, 5) is 0.969. The van der Waals surface area contributed by atoms with Crippen LogP contribution in [-0.4, -0.2) is 19.7 Å². The summed E-state index contributed by atoms with van der Waals surface area (Å²) in [7, 11) is -3.75. The maximum absolute atomic E-state index is 12.6. The topological polar surface area (TPSA) is 72.2 Å². The normalized spacial score (nSPS) is 11.1. The van der Waals surface area contributed by atoms with Gasteiger partial charge in [-0.3, -0.25) is 4.72 Å². The van der Waals surface area contributed by atoms with Crippen molar-refractivity contribution in [3.8, 4) is 0 Å². The lowest BCUT2D eigenvalue weighted by Gasteiger charge is -2.13. The molecule has 0 radical (unpaired) electrons. The van der Waals surface area contributed by atoms with Crippen molar-refractivity contribution in [2.24, 2.45) is 5.73 Å². The van der Waals surface area contributed by atoms with Crippen LogP contribution in [0.3, 0.4) is 0 Å². The molecule has 4 nitrogen and oxygen atoms in total. The Labute approximate surface area is 133 Å². The summed E-state index contributed by atoms with van der Waals surface area (Å²) in [6.45, 7) is 0. The average molecular weight is 338 g/mol. The van der Waals surface area contributed by atoms with Crippen LogP contribution in [0.1, 0.15) is 5.56 Å². The van der Waals surface area contributed by atoms with Crippen molar-refractivity contribution in [3.05, 3.63) is 54.1 Å². The molecule has 2 rings (SSSR count). The number of hydrogen-bond acceptors (Lipinski definition) is 4. The fourth-order valence-electron chi connectivity index (χ4n) is 1.83. The number of rotatable bonds is 5. The van der Waals surface area contributed by atoms with Crippen LogP contribution in [0.4, 0.5) is 5.69 Å². The summed E-state index contributed by atoms with van der Waals surface area (Å²) < 4.78 is 27.7. The van der Waals surface area contributed by atoms with Gasteiger partial charge in [-0.05, 0) is 24.5 Å². The van der Waals surface area contributed by atoms with Gasteiger partial charge in [0.05, 0.1) is 10.6 Å². The molecule has 0 saturated carbocycles. The quantitative estimate of drug-likeness (QED) is 0.648. The molecule has 0 saturated heterocycles. The third-order valence-corrected chi connectivity index (χ3v) is 5.23. The van der Waals surface area contributed by atoms with E-state index in [-0.39, 0.29) is 9.88 Å². The van der Waals surface area contributed by atoms with Gasteiger partial charge in [0.25, 0.3) is 10.0 Å². The number of benzene rings is 2. The predicted octanol–water partition coefficient (Wildman–Crippen LogP) is 2.84. The van der Waals surface area contributed by atoms with E-state index in [1.165, 1.54) is 17.8 Å². The SMILES string of the molecule is CSc1ccccc1NS(=O)(=O)c1ccccc1C(N)=S. The fraction of sp³-hybridized carbons (Fsp3) is 0.0714. The van der Waals surface area contributed by atoms with Gasteiger partial charge >= 0.3 is 0 Å². The minimum Gasteiger partial charge on any atom is -0.389 e. The molecule has 3 N–H and O–H groups in total. The van der Waals surface area contributed by atoms with Crippen molar-refractivity contribution in [1.29, 1.82) is 0 Å². The third kappa shape index (κ3) is 3.55. The standard InChI is InChI=1S/C14H14N2O2S3/c1-20-12-8-4-3-7-11(12)16-21(17,18)13-9-5-2-6-10(13)14(15)19/h2-9,16H,1H3,(H2,15,19). The van der Waals surface area contributed by atoms with E-state index in [1.807, 2.05) is 18.4 Å². The minimum absolute atomic E-state index is 0.0501. The van der Waals surface area contributed by atoms with E-state index < -0.39 is 10.0 Å². The molecule has 0 heterocycles. The summed E-state index contributed by atoms with van der Waals surface area (Å²) in [6.07, 6.45) is 1.89. The van der Waals surface area contributed by atoms with Crippen molar-refractivity contribution < 1.29 is 8.42 Å². The molecule has 7 heteroatoms. The Bertz CT molecular complexity index is 773. The van der Waals surface area contributed by atoms with E-state index >= 15 is 0 Å². The Balaban J connectivity index is 2.46. The molecule has 2 aromatic carbocycles. The van der Waals surface area contributed by atoms with Gasteiger partial charge in [0.2, 0.25) is 0 Å². The number of nitrogens with two attached hydrogens (primary N) is 1. The number of para-hydroxylation sites is 1. The summed E-state index contributed by atoms with van der Waals surface area (Å²) >= 11 is 6.38. The summed E-state index contributed by atoms with van der Waals surface area (Å²) in [5.41, 5.74) is 6.46. The highest BCUT2D eigenvalue weighted by Crippen LogP contribution is 2.27. The molecule has 0 fully saturated rings. The zero-order valence-corrected chi connectivity index (χ0v) is 13.7. The van der Waals surface area contributed by atoms with Gasteiger partial charge in [-0.15, -0.1) is 11.8 Å². The highest BCUT2D eigenvalue weighted by molar-refractivity contribution is 7.99. The smallest absolute Gasteiger partial charge is 0.262 e. The van der Waals surface area contributed by atoms with E-state index in [0.29, 0.717) is 11.3 Å². The largest absolute Gasteiger partial charge is 0.389 e. The number of nitrogens with one attached hydrogen (secondary N) is 1. The lowest BCUT2D eigenvalue weighted by atomic mass is 10.2. The highest BCUT2D eigenvalue weighted by Gasteiger charge is 2.20. The first kappa shape index (κ1) is 15.8. The second-order valence-corrected chi connectivity index (χ2v) is 7.10. The van der Waals surface area contributed by atoms with E-state index in [9.17, 15) is 8.42 Å². The van der Waals surface area contributed by atoms with Crippen LogP contribution >= 0.6 is 24.0 Å². The zero-order valence-electron chi connectivity index (χ0n) is 11.2. The molecule has 0 amide bonds. The molecule has 21 heavy (non-hydrogen) atoms. The van der Waals surface area contributed by atoms with E-state index in [0.717, 1.165) is 4.90 Å².